The molecule has 0 saturated heterocycles. The quantitative estimate of drug-likeness (QED) is 0.0938. The average molecular weight is 1200 g/mol. The Morgan fingerprint density at radius 1 is 0.324 bits per heavy atom. The number of aliphatic hydroxyl groups is 2. The molecular weight excluding hydrogens is 1150 g/mol. The number of aromatic nitrogens is 4. The smallest absolute Gasteiger partial charge is 0.295 e. The number of nitrogens with zero attached hydrogens (tertiary/aromatic N) is 4. The Morgan fingerprint density at radius 2 is 0.541 bits per heavy atom. The molecule has 0 aliphatic carbocycles. The molecule has 4 heterocycles. The first-order valence-electron chi connectivity index (χ1n) is 22.8. The summed E-state index contributed by atoms with van der Waals surface area (Å²) >= 11 is 0. The Balaban J connectivity index is 0.000000221. The van der Waals surface area contributed by atoms with Gasteiger partial charge in [0, 0.05) is 49.4 Å². The summed E-state index contributed by atoms with van der Waals surface area (Å²) in [5, 5.41) is 15.1. The van der Waals surface area contributed by atoms with Crippen molar-refractivity contribution >= 4 is 7.81 Å². The molecule has 0 aliphatic heterocycles. The van der Waals surface area contributed by atoms with Crippen LogP contribution in [-0.4, -0.2) is 43.4 Å². The molecule has 0 fully saturated rings. The number of pyridine rings is 4. The van der Waals surface area contributed by atoms with Gasteiger partial charge in [-0.1, -0.05) is 191 Å². The number of hydrogen-bond donors (Lipinski definition) is 2. The van der Waals surface area contributed by atoms with Crippen LogP contribution in [0.5, 0.6) is 0 Å². The minimum Gasteiger partial charge on any atom is -0.295 e. The van der Waals surface area contributed by atoms with Crippen molar-refractivity contribution in [1.82, 2.24) is 19.9 Å². The molecule has 0 radical (unpaired) electrons. The fourth-order valence-corrected chi connectivity index (χ4v) is 6.63. The predicted octanol–water partition coefficient (Wildman–Crippen LogP) is 17.3. The van der Waals surface area contributed by atoms with Crippen molar-refractivity contribution in [3.8, 4) is 78.4 Å². The van der Waals surface area contributed by atoms with Crippen LogP contribution < -0.4 is 0 Å². The topological polar surface area (TPSA) is 92.0 Å². The van der Waals surface area contributed by atoms with Crippen molar-refractivity contribution in [3.05, 3.63) is 255 Å². The van der Waals surface area contributed by atoms with Gasteiger partial charge in [-0.2, -0.15) is 0 Å². The summed E-state index contributed by atoms with van der Waals surface area (Å²) in [7, 11) is -10.7. The molecule has 0 atom stereocenters. The van der Waals surface area contributed by atoms with Gasteiger partial charge in [0.05, 0.1) is 11.4 Å². The molecule has 6 aromatic carbocycles. The van der Waals surface area contributed by atoms with E-state index in [1.54, 1.807) is 26.2 Å². The zero-order valence-corrected chi connectivity index (χ0v) is 43.5. The van der Waals surface area contributed by atoms with Crippen LogP contribution in [-0.2, 0) is 20.1 Å². The summed E-state index contributed by atoms with van der Waals surface area (Å²) in [6, 6.07) is 80.9. The van der Waals surface area contributed by atoms with E-state index in [2.05, 4.69) is 153 Å². The molecule has 6 nitrogen and oxygen atoms in total. The van der Waals surface area contributed by atoms with E-state index in [-0.39, 0.29) is 33.3 Å². The number of halogens is 6. The maximum absolute atomic E-state index is 10.7. The molecule has 10 aromatic rings. The van der Waals surface area contributed by atoms with Gasteiger partial charge in [0.25, 0.3) is 0 Å². The summed E-state index contributed by atoms with van der Waals surface area (Å²) < 4.78 is 59.2. The fraction of sp³-hybridized carbons (Fsp3) is 0.0667. The van der Waals surface area contributed by atoms with E-state index in [4.69, 9.17) is 10.2 Å². The Bertz CT molecular complexity index is 2630. The summed E-state index contributed by atoms with van der Waals surface area (Å²) in [5.41, 5.74) is 14.9. The second-order valence-electron chi connectivity index (χ2n) is 15.3. The molecule has 0 amide bonds. The monoisotopic (exact) mass is 1200 g/mol. The first-order valence-corrected chi connectivity index (χ1v) is 24.9. The first-order chi connectivity index (χ1) is 35.0. The van der Waals surface area contributed by atoms with Gasteiger partial charge in [-0.15, -0.1) is 47.5 Å². The van der Waals surface area contributed by atoms with Gasteiger partial charge in [0.15, 0.2) is 0 Å². The van der Waals surface area contributed by atoms with Crippen LogP contribution in [0.15, 0.2) is 243 Å². The normalized spacial score (nSPS) is 11.1. The van der Waals surface area contributed by atoms with E-state index >= 15 is 0 Å². The summed E-state index contributed by atoms with van der Waals surface area (Å²) in [5.74, 6) is 0. The molecule has 4 aromatic heterocycles. The first kappa shape index (κ1) is 59.1. The molecule has 0 bridgehead atoms. The van der Waals surface area contributed by atoms with Gasteiger partial charge >= 0.3 is 53.1 Å². The molecule has 0 spiro atoms. The van der Waals surface area contributed by atoms with Crippen LogP contribution in [0.1, 0.15) is 13.8 Å². The SMILES string of the molecule is CCO.CCO.F[P-](F)(F)(F)(F)F.[Ir+3].[c-]1c(-c2ccccc2)cc(-c2ccccc2)cc1-c1ccccn1.[c-]1c(-c2ccccc2)cc(-c2ccccc2)cc1-c1ccccn1.c1ccc(-c2ccccn2)nc1. The van der Waals surface area contributed by atoms with Gasteiger partial charge in [-0.3, -0.25) is 19.9 Å². The molecular formula is C60H52F6IrN4O2P. The predicted molar refractivity (Wildman–Crippen MR) is 285 cm³/mol. The van der Waals surface area contributed by atoms with Gasteiger partial charge in [0.2, 0.25) is 0 Å². The van der Waals surface area contributed by atoms with E-state index in [1.165, 1.54) is 22.3 Å². The van der Waals surface area contributed by atoms with Crippen LogP contribution in [0.4, 0.5) is 25.2 Å². The van der Waals surface area contributed by atoms with Crippen molar-refractivity contribution < 1.29 is 55.5 Å². The third kappa shape index (κ3) is 22.1. The Labute approximate surface area is 441 Å². The van der Waals surface area contributed by atoms with Crippen LogP contribution in [0.2, 0.25) is 0 Å². The second kappa shape index (κ2) is 28.7. The van der Waals surface area contributed by atoms with Crippen molar-refractivity contribution in [2.24, 2.45) is 0 Å². The zero-order valence-electron chi connectivity index (χ0n) is 40.2. The number of aliphatic hydroxyl groups excluding tert-OH is 2. The van der Waals surface area contributed by atoms with Crippen LogP contribution in [0, 0.1) is 12.1 Å². The Kier molecular flexibility index (Phi) is 22.9. The van der Waals surface area contributed by atoms with Gasteiger partial charge < -0.3 is 10.2 Å². The molecule has 0 saturated carbocycles. The molecule has 0 aliphatic rings. The van der Waals surface area contributed by atoms with Crippen LogP contribution in [0.25, 0.3) is 78.4 Å². The molecule has 14 heteroatoms. The van der Waals surface area contributed by atoms with E-state index in [0.29, 0.717) is 0 Å². The van der Waals surface area contributed by atoms with Crippen LogP contribution >= 0.6 is 7.81 Å². The Hall–Kier alpha value is -7.50. The number of rotatable bonds is 7. The standard InChI is InChI=1S/2C23H16N.C10H8N2.2C2H6O.F6P.Ir/c2*1-3-9-18(10-4-1)20-15-21(19-11-5-2-6-12-19)17-22(16-20)23-13-7-8-14-24-23;1-3-7-11-9(5-1)10-6-2-4-8-12-10;2*1-2-3;1-7(2,3,4,5)6;/h2*1-16H;1-8H;2*3H,2H2,1H3;;/q2*-1;;;;-1;+3. The van der Waals surface area contributed by atoms with E-state index < -0.39 is 7.81 Å². The van der Waals surface area contributed by atoms with E-state index in [9.17, 15) is 25.2 Å². The molecule has 2 N–H and O–H groups in total. The van der Waals surface area contributed by atoms with Crippen LogP contribution in [0.3, 0.4) is 0 Å². The van der Waals surface area contributed by atoms with Crippen molar-refractivity contribution in [1.29, 1.82) is 0 Å². The third-order valence-electron chi connectivity index (χ3n) is 9.60. The number of hydrogen-bond acceptors (Lipinski definition) is 6. The molecule has 380 valence electrons. The van der Waals surface area contributed by atoms with Crippen molar-refractivity contribution in [3.63, 3.8) is 0 Å². The second-order valence-corrected chi connectivity index (χ2v) is 17.2. The van der Waals surface area contributed by atoms with Gasteiger partial charge in [0.1, 0.15) is 0 Å². The maximum Gasteiger partial charge on any atom is 3.00 e. The summed E-state index contributed by atoms with van der Waals surface area (Å²) in [4.78, 5) is 17.3. The maximum atomic E-state index is 9.87. The number of benzene rings is 6. The molecule has 74 heavy (non-hydrogen) atoms. The van der Waals surface area contributed by atoms with Crippen molar-refractivity contribution in [2.45, 2.75) is 13.8 Å². The van der Waals surface area contributed by atoms with Gasteiger partial charge in [-0.25, -0.2) is 0 Å². The van der Waals surface area contributed by atoms with E-state index in [1.807, 2.05) is 109 Å². The zero-order chi connectivity index (χ0) is 52.4. The Morgan fingerprint density at radius 3 is 0.784 bits per heavy atom. The summed E-state index contributed by atoms with van der Waals surface area (Å²) in [6.45, 7) is 3.86. The van der Waals surface area contributed by atoms with E-state index in [0.717, 1.165) is 56.2 Å². The third-order valence-corrected chi connectivity index (χ3v) is 9.60. The minimum absolute atomic E-state index is 0. The summed E-state index contributed by atoms with van der Waals surface area (Å²) in [6.07, 6.45) is 7.18. The van der Waals surface area contributed by atoms with Crippen molar-refractivity contribution in [2.75, 3.05) is 13.2 Å². The molecule has 0 unspecified atom stereocenters. The average Bonchev–Trinajstić information content (AvgIpc) is 3.42. The molecule has 10 rings (SSSR count). The minimum atomic E-state index is -10.7. The van der Waals surface area contributed by atoms with Gasteiger partial charge in [-0.05, 0) is 61.4 Å². The fourth-order valence-electron chi connectivity index (χ4n) is 6.63. The largest absolute Gasteiger partial charge is 3.00 e.